The summed E-state index contributed by atoms with van der Waals surface area (Å²) in [5.74, 6) is 0.669. The number of benzene rings is 1. The summed E-state index contributed by atoms with van der Waals surface area (Å²) in [4.78, 5) is 15.5. The molecule has 2 aromatic rings. The fourth-order valence-electron chi connectivity index (χ4n) is 1.67. The van der Waals surface area contributed by atoms with E-state index in [0.29, 0.717) is 22.9 Å². The molecular weight excluding hydrogens is 274 g/mol. The fourth-order valence-corrected chi connectivity index (χ4v) is 1.85. The second kappa shape index (κ2) is 6.39. The van der Waals surface area contributed by atoms with Gasteiger partial charge < -0.3 is 10.6 Å². The summed E-state index contributed by atoms with van der Waals surface area (Å²) >= 11 is 6.07. The van der Waals surface area contributed by atoms with Crippen LogP contribution in [0.3, 0.4) is 0 Å². The van der Waals surface area contributed by atoms with Gasteiger partial charge in [-0.05, 0) is 36.8 Å². The highest BCUT2D eigenvalue weighted by atomic mass is 35.5. The zero-order chi connectivity index (χ0) is 14.5. The normalized spacial score (nSPS) is 10.2. The Morgan fingerprint density at radius 1 is 1.30 bits per heavy atom. The first kappa shape index (κ1) is 14.3. The van der Waals surface area contributed by atoms with Gasteiger partial charge in [-0.1, -0.05) is 24.6 Å². The first-order valence-corrected chi connectivity index (χ1v) is 6.76. The molecule has 104 valence electrons. The smallest absolute Gasteiger partial charge is 0.224 e. The van der Waals surface area contributed by atoms with Crippen molar-refractivity contribution < 1.29 is 4.79 Å². The van der Waals surface area contributed by atoms with Gasteiger partial charge in [-0.2, -0.15) is 0 Å². The molecule has 0 unspecified atom stereocenters. The number of nitrogens with one attached hydrogen (secondary N) is 2. The van der Waals surface area contributed by atoms with Crippen molar-refractivity contribution >= 4 is 34.7 Å². The minimum Gasteiger partial charge on any atom is -0.340 e. The molecule has 1 heterocycles. The molecular formula is C15H16ClN3O. The second-order valence-corrected chi connectivity index (χ2v) is 4.78. The predicted octanol–water partition coefficient (Wildman–Crippen LogP) is 4.14. The third-order valence-corrected chi connectivity index (χ3v) is 3.31. The highest BCUT2D eigenvalue weighted by Gasteiger charge is 2.04. The average Bonchev–Trinajstić information content (AvgIpc) is 2.46. The lowest BCUT2D eigenvalue weighted by atomic mass is 10.2. The molecule has 0 aliphatic carbocycles. The molecule has 0 saturated carbocycles. The summed E-state index contributed by atoms with van der Waals surface area (Å²) in [6.07, 6.45) is 2.07. The SMILES string of the molecule is CCC(=O)Nc1ccc(Nc2cccc(Cl)c2C)nc1. The van der Waals surface area contributed by atoms with Gasteiger partial charge in [-0.15, -0.1) is 0 Å². The molecule has 0 radical (unpaired) electrons. The van der Waals surface area contributed by atoms with Crippen molar-refractivity contribution in [2.45, 2.75) is 20.3 Å². The van der Waals surface area contributed by atoms with E-state index < -0.39 is 0 Å². The number of rotatable bonds is 4. The van der Waals surface area contributed by atoms with E-state index in [-0.39, 0.29) is 5.91 Å². The van der Waals surface area contributed by atoms with Gasteiger partial charge in [-0.25, -0.2) is 4.98 Å². The van der Waals surface area contributed by atoms with Gasteiger partial charge in [0.05, 0.1) is 11.9 Å². The molecule has 1 amide bonds. The van der Waals surface area contributed by atoms with Crippen LogP contribution in [0.4, 0.5) is 17.2 Å². The van der Waals surface area contributed by atoms with Gasteiger partial charge in [0.1, 0.15) is 5.82 Å². The standard InChI is InChI=1S/C15H16ClN3O/c1-3-15(20)18-11-7-8-14(17-9-11)19-13-6-4-5-12(16)10(13)2/h4-9H,3H2,1-2H3,(H,17,19)(H,18,20). The molecule has 4 nitrogen and oxygen atoms in total. The lowest BCUT2D eigenvalue weighted by Crippen LogP contribution is -2.09. The quantitative estimate of drug-likeness (QED) is 0.889. The number of anilines is 3. The lowest BCUT2D eigenvalue weighted by molar-refractivity contribution is -0.115. The Balaban J connectivity index is 2.11. The Bertz CT molecular complexity index is 611. The van der Waals surface area contributed by atoms with E-state index in [0.717, 1.165) is 11.3 Å². The number of hydrogen-bond donors (Lipinski definition) is 2. The molecule has 0 aliphatic rings. The van der Waals surface area contributed by atoms with Gasteiger partial charge in [0.25, 0.3) is 0 Å². The number of halogens is 1. The number of pyridine rings is 1. The maximum atomic E-state index is 11.3. The van der Waals surface area contributed by atoms with E-state index in [9.17, 15) is 4.79 Å². The average molecular weight is 290 g/mol. The summed E-state index contributed by atoms with van der Waals surface area (Å²) in [6.45, 7) is 3.75. The summed E-state index contributed by atoms with van der Waals surface area (Å²) in [5, 5.41) is 6.66. The van der Waals surface area contributed by atoms with Crippen LogP contribution >= 0.6 is 11.6 Å². The third kappa shape index (κ3) is 3.48. The molecule has 0 saturated heterocycles. The van der Waals surface area contributed by atoms with E-state index >= 15 is 0 Å². The van der Waals surface area contributed by atoms with Crippen LogP contribution in [0, 0.1) is 6.92 Å². The van der Waals surface area contributed by atoms with Crippen molar-refractivity contribution in [3.8, 4) is 0 Å². The van der Waals surface area contributed by atoms with Crippen LogP contribution in [0.25, 0.3) is 0 Å². The second-order valence-electron chi connectivity index (χ2n) is 4.37. The summed E-state index contributed by atoms with van der Waals surface area (Å²) < 4.78 is 0. The van der Waals surface area contributed by atoms with Crippen molar-refractivity contribution in [2.75, 3.05) is 10.6 Å². The van der Waals surface area contributed by atoms with E-state index in [1.165, 1.54) is 0 Å². The number of nitrogens with zero attached hydrogens (tertiary/aromatic N) is 1. The summed E-state index contributed by atoms with van der Waals surface area (Å²) in [5.41, 5.74) is 2.57. The molecule has 20 heavy (non-hydrogen) atoms. The summed E-state index contributed by atoms with van der Waals surface area (Å²) in [6, 6.07) is 9.29. The Labute approximate surface area is 123 Å². The van der Waals surface area contributed by atoms with Crippen molar-refractivity contribution in [3.63, 3.8) is 0 Å². The Morgan fingerprint density at radius 2 is 2.10 bits per heavy atom. The maximum absolute atomic E-state index is 11.3. The van der Waals surface area contributed by atoms with Crippen LogP contribution in [-0.2, 0) is 4.79 Å². The molecule has 0 fully saturated rings. The molecule has 0 spiro atoms. The van der Waals surface area contributed by atoms with Crippen LogP contribution in [0.2, 0.25) is 5.02 Å². The van der Waals surface area contributed by atoms with Gasteiger partial charge in [0, 0.05) is 17.1 Å². The first-order chi connectivity index (χ1) is 9.60. The molecule has 2 rings (SSSR count). The van der Waals surface area contributed by atoms with Crippen LogP contribution in [-0.4, -0.2) is 10.9 Å². The van der Waals surface area contributed by atoms with Gasteiger partial charge >= 0.3 is 0 Å². The predicted molar refractivity (Wildman–Crippen MR) is 82.6 cm³/mol. The molecule has 1 aromatic carbocycles. The van der Waals surface area contributed by atoms with Crippen LogP contribution in [0.15, 0.2) is 36.5 Å². The fraction of sp³-hybridized carbons (Fsp3) is 0.200. The van der Waals surface area contributed by atoms with Crippen molar-refractivity contribution in [1.82, 2.24) is 4.98 Å². The number of hydrogen-bond acceptors (Lipinski definition) is 3. The van der Waals surface area contributed by atoms with E-state index in [2.05, 4.69) is 15.6 Å². The zero-order valence-electron chi connectivity index (χ0n) is 11.4. The monoisotopic (exact) mass is 289 g/mol. The Kier molecular flexibility index (Phi) is 4.58. The minimum atomic E-state index is -0.0294. The largest absolute Gasteiger partial charge is 0.340 e. The molecule has 0 aliphatic heterocycles. The zero-order valence-corrected chi connectivity index (χ0v) is 12.2. The van der Waals surface area contributed by atoms with Crippen LogP contribution in [0.5, 0.6) is 0 Å². The van der Waals surface area contributed by atoms with Crippen molar-refractivity contribution in [1.29, 1.82) is 0 Å². The van der Waals surface area contributed by atoms with Gasteiger partial charge in [-0.3, -0.25) is 4.79 Å². The highest BCUT2D eigenvalue weighted by Crippen LogP contribution is 2.25. The first-order valence-electron chi connectivity index (χ1n) is 6.38. The number of aromatic nitrogens is 1. The molecule has 5 heteroatoms. The molecule has 0 bridgehead atoms. The maximum Gasteiger partial charge on any atom is 0.224 e. The summed E-state index contributed by atoms with van der Waals surface area (Å²) in [7, 11) is 0. The molecule has 1 aromatic heterocycles. The lowest BCUT2D eigenvalue weighted by Gasteiger charge is -2.10. The number of carbonyl (C=O) groups is 1. The Hall–Kier alpha value is -2.07. The number of amides is 1. The molecule has 2 N–H and O–H groups in total. The highest BCUT2D eigenvalue weighted by molar-refractivity contribution is 6.31. The van der Waals surface area contributed by atoms with Crippen LogP contribution in [0.1, 0.15) is 18.9 Å². The third-order valence-electron chi connectivity index (χ3n) is 2.90. The van der Waals surface area contributed by atoms with Crippen molar-refractivity contribution in [2.24, 2.45) is 0 Å². The minimum absolute atomic E-state index is 0.0294. The van der Waals surface area contributed by atoms with Gasteiger partial charge in [0.15, 0.2) is 0 Å². The van der Waals surface area contributed by atoms with Crippen molar-refractivity contribution in [3.05, 3.63) is 47.1 Å². The van der Waals surface area contributed by atoms with Gasteiger partial charge in [0.2, 0.25) is 5.91 Å². The van der Waals surface area contributed by atoms with E-state index in [4.69, 9.17) is 11.6 Å². The molecule has 0 atom stereocenters. The van der Waals surface area contributed by atoms with E-state index in [1.807, 2.05) is 37.3 Å². The number of carbonyl (C=O) groups excluding carboxylic acids is 1. The topological polar surface area (TPSA) is 54.0 Å². The Morgan fingerprint density at radius 3 is 2.75 bits per heavy atom. The van der Waals surface area contributed by atoms with E-state index in [1.54, 1.807) is 13.1 Å². The van der Waals surface area contributed by atoms with Crippen LogP contribution < -0.4 is 10.6 Å².